The number of carbonyl (C=O) groups excluding carboxylic acids is 1. The molecule has 1 saturated heterocycles. The molecule has 162 valence electrons. The number of nitrogens with one attached hydrogen (secondary N) is 1. The first-order chi connectivity index (χ1) is 14.9. The Hall–Kier alpha value is -2.70. The molecule has 1 fully saturated rings. The summed E-state index contributed by atoms with van der Waals surface area (Å²) in [6.07, 6.45) is 1.08. The molecule has 2 heterocycles. The van der Waals surface area contributed by atoms with E-state index in [0.29, 0.717) is 23.9 Å². The van der Waals surface area contributed by atoms with E-state index in [1.165, 1.54) is 6.07 Å². The van der Waals surface area contributed by atoms with Gasteiger partial charge in [-0.3, -0.25) is 9.69 Å². The van der Waals surface area contributed by atoms with Crippen molar-refractivity contribution in [3.05, 3.63) is 76.4 Å². The van der Waals surface area contributed by atoms with Gasteiger partial charge in [-0.15, -0.1) is 0 Å². The minimum absolute atomic E-state index is 0.0329. The van der Waals surface area contributed by atoms with Gasteiger partial charge in [0.1, 0.15) is 11.6 Å². The molecule has 31 heavy (non-hydrogen) atoms. The van der Waals surface area contributed by atoms with E-state index in [0.717, 1.165) is 24.1 Å². The van der Waals surface area contributed by atoms with Crippen molar-refractivity contribution in [3.63, 3.8) is 0 Å². The van der Waals surface area contributed by atoms with Crippen LogP contribution in [-0.4, -0.2) is 35.9 Å². The van der Waals surface area contributed by atoms with Crippen molar-refractivity contribution in [3.8, 4) is 11.5 Å². The number of aromatic nitrogens is 1. The fourth-order valence-corrected chi connectivity index (χ4v) is 4.34. The summed E-state index contributed by atoms with van der Waals surface area (Å²) >= 11 is 5.83. The second-order valence-electron chi connectivity index (χ2n) is 8.02. The van der Waals surface area contributed by atoms with E-state index in [4.69, 9.17) is 16.0 Å². The Morgan fingerprint density at radius 1 is 1.29 bits per heavy atom. The molecule has 2 atom stereocenters. The number of carbonyl (C=O) groups is 1. The highest BCUT2D eigenvalue weighted by Crippen LogP contribution is 2.36. The van der Waals surface area contributed by atoms with E-state index in [2.05, 4.69) is 15.2 Å². The summed E-state index contributed by atoms with van der Waals surface area (Å²) in [5, 5.41) is 3.15. The molecule has 7 heteroatoms. The lowest BCUT2D eigenvalue weighted by molar-refractivity contribution is -0.120. The molecule has 0 spiro atoms. The van der Waals surface area contributed by atoms with Crippen molar-refractivity contribution in [2.24, 2.45) is 5.92 Å². The van der Waals surface area contributed by atoms with E-state index in [9.17, 15) is 9.18 Å². The van der Waals surface area contributed by atoms with E-state index in [-0.39, 0.29) is 29.3 Å². The summed E-state index contributed by atoms with van der Waals surface area (Å²) < 4.78 is 19.7. The van der Waals surface area contributed by atoms with Crippen LogP contribution in [0.1, 0.15) is 29.5 Å². The third kappa shape index (κ3) is 4.81. The van der Waals surface area contributed by atoms with Crippen LogP contribution in [0.2, 0.25) is 5.02 Å². The van der Waals surface area contributed by atoms with Gasteiger partial charge in [-0.2, -0.15) is 0 Å². The van der Waals surface area contributed by atoms with Crippen LogP contribution in [0.25, 0.3) is 11.5 Å². The van der Waals surface area contributed by atoms with Gasteiger partial charge in [-0.25, -0.2) is 9.37 Å². The molecule has 0 bridgehead atoms. The first kappa shape index (κ1) is 21.5. The van der Waals surface area contributed by atoms with Crippen LogP contribution in [0.4, 0.5) is 4.39 Å². The maximum absolute atomic E-state index is 14.0. The zero-order valence-electron chi connectivity index (χ0n) is 17.6. The number of oxazole rings is 1. The number of halogens is 2. The van der Waals surface area contributed by atoms with Gasteiger partial charge in [-0.05, 0) is 62.7 Å². The monoisotopic (exact) mass is 441 g/mol. The smallest absolute Gasteiger partial charge is 0.226 e. The quantitative estimate of drug-likeness (QED) is 0.597. The number of nitrogens with zero attached hydrogens (tertiary/aromatic N) is 2. The van der Waals surface area contributed by atoms with Gasteiger partial charge in [0, 0.05) is 18.2 Å². The number of aryl methyl sites for hydroxylation is 1. The standard InChI is InChI=1S/C24H25ClFN3O2/c1-15-21(28-24(31-15)16-6-4-3-5-7-16)13-22(30)27-14-18-10-11-29(2)23(18)17-8-9-19(25)20(26)12-17/h3-9,12,18,23H,10-11,13-14H2,1-2H3,(H,27,30)/t18-,23-/m1/s1. The van der Waals surface area contributed by atoms with Gasteiger partial charge in [0.15, 0.2) is 0 Å². The Bertz CT molecular complexity index is 1070. The minimum atomic E-state index is -0.419. The van der Waals surface area contributed by atoms with Crippen LogP contribution in [0.15, 0.2) is 52.9 Å². The summed E-state index contributed by atoms with van der Waals surface area (Å²) in [5.41, 5.74) is 2.39. The van der Waals surface area contributed by atoms with Gasteiger partial charge in [0.25, 0.3) is 0 Å². The van der Waals surface area contributed by atoms with Crippen LogP contribution in [0, 0.1) is 18.7 Å². The summed E-state index contributed by atoms with van der Waals surface area (Å²) in [5.74, 6) is 0.824. The van der Waals surface area contributed by atoms with Crippen molar-refractivity contribution >= 4 is 17.5 Å². The molecule has 1 aliphatic rings. The largest absolute Gasteiger partial charge is 0.441 e. The first-order valence-electron chi connectivity index (χ1n) is 10.4. The minimum Gasteiger partial charge on any atom is -0.441 e. The highest BCUT2D eigenvalue weighted by Gasteiger charge is 2.33. The molecule has 0 saturated carbocycles. The molecule has 2 aromatic carbocycles. The van der Waals surface area contributed by atoms with Crippen LogP contribution in [0.3, 0.4) is 0 Å². The van der Waals surface area contributed by atoms with Gasteiger partial charge < -0.3 is 9.73 Å². The number of hydrogen-bond acceptors (Lipinski definition) is 4. The molecule has 0 unspecified atom stereocenters. The normalized spacial score (nSPS) is 19.0. The molecule has 1 N–H and O–H groups in total. The van der Waals surface area contributed by atoms with Gasteiger partial charge in [0.2, 0.25) is 11.8 Å². The highest BCUT2D eigenvalue weighted by atomic mass is 35.5. The summed E-state index contributed by atoms with van der Waals surface area (Å²) in [4.78, 5) is 19.3. The number of rotatable bonds is 6. The average Bonchev–Trinajstić information content (AvgIpc) is 3.31. The predicted molar refractivity (Wildman–Crippen MR) is 118 cm³/mol. The first-order valence-corrected chi connectivity index (χ1v) is 10.7. The average molecular weight is 442 g/mol. The lowest BCUT2D eigenvalue weighted by Gasteiger charge is -2.26. The molecule has 0 radical (unpaired) electrons. The molecule has 1 aromatic heterocycles. The Labute approximate surface area is 186 Å². The Morgan fingerprint density at radius 3 is 2.81 bits per heavy atom. The van der Waals surface area contributed by atoms with Gasteiger partial charge in [0.05, 0.1) is 17.1 Å². The Balaban J connectivity index is 1.39. The van der Waals surface area contributed by atoms with Crippen LogP contribution in [0.5, 0.6) is 0 Å². The van der Waals surface area contributed by atoms with Crippen molar-refractivity contribution < 1.29 is 13.6 Å². The highest BCUT2D eigenvalue weighted by molar-refractivity contribution is 6.30. The lowest BCUT2D eigenvalue weighted by atomic mass is 9.93. The van der Waals surface area contributed by atoms with E-state index < -0.39 is 5.82 Å². The summed E-state index contributed by atoms with van der Waals surface area (Å²) in [7, 11) is 2.02. The zero-order chi connectivity index (χ0) is 22.0. The number of likely N-dealkylation sites (tertiary alicyclic amines) is 1. The predicted octanol–water partition coefficient (Wildman–Crippen LogP) is 4.79. The fraction of sp³-hybridized carbons (Fsp3) is 0.333. The molecule has 4 rings (SSSR count). The summed E-state index contributed by atoms with van der Waals surface area (Å²) in [6.45, 7) is 3.22. The third-order valence-corrected chi connectivity index (χ3v) is 6.17. The zero-order valence-corrected chi connectivity index (χ0v) is 18.3. The van der Waals surface area contributed by atoms with Crippen LogP contribution < -0.4 is 5.32 Å². The van der Waals surface area contributed by atoms with E-state index >= 15 is 0 Å². The Kier molecular flexibility index (Phi) is 6.39. The fourth-order valence-electron chi connectivity index (χ4n) is 4.22. The molecule has 1 aliphatic heterocycles. The molecule has 5 nitrogen and oxygen atoms in total. The third-order valence-electron chi connectivity index (χ3n) is 5.86. The van der Waals surface area contributed by atoms with Crippen LogP contribution in [-0.2, 0) is 11.2 Å². The van der Waals surface area contributed by atoms with Crippen molar-refractivity contribution in [2.75, 3.05) is 20.1 Å². The lowest BCUT2D eigenvalue weighted by Crippen LogP contribution is -2.33. The molecule has 0 aliphatic carbocycles. The second kappa shape index (κ2) is 9.20. The number of amides is 1. The topological polar surface area (TPSA) is 58.4 Å². The summed E-state index contributed by atoms with van der Waals surface area (Å²) in [6, 6.07) is 14.6. The van der Waals surface area contributed by atoms with Crippen molar-refractivity contribution in [1.29, 1.82) is 0 Å². The van der Waals surface area contributed by atoms with Crippen LogP contribution >= 0.6 is 11.6 Å². The Morgan fingerprint density at radius 2 is 2.06 bits per heavy atom. The van der Waals surface area contributed by atoms with E-state index in [1.54, 1.807) is 6.07 Å². The molecular formula is C24H25ClFN3O2. The van der Waals surface area contributed by atoms with Crippen molar-refractivity contribution in [1.82, 2.24) is 15.2 Å². The molecule has 1 amide bonds. The number of benzene rings is 2. The van der Waals surface area contributed by atoms with Crippen molar-refractivity contribution in [2.45, 2.75) is 25.8 Å². The second-order valence-corrected chi connectivity index (χ2v) is 8.42. The van der Waals surface area contributed by atoms with Gasteiger partial charge >= 0.3 is 0 Å². The maximum Gasteiger partial charge on any atom is 0.226 e. The molecular weight excluding hydrogens is 417 g/mol. The van der Waals surface area contributed by atoms with E-state index in [1.807, 2.05) is 50.4 Å². The number of hydrogen-bond donors (Lipinski definition) is 1. The SMILES string of the molecule is Cc1oc(-c2ccccc2)nc1CC(=O)NC[C@H]1CCN(C)[C@@H]1c1ccc(Cl)c(F)c1. The molecule has 3 aromatic rings. The maximum atomic E-state index is 14.0. The van der Waals surface area contributed by atoms with Gasteiger partial charge in [-0.1, -0.05) is 35.9 Å².